The Kier molecular flexibility index (Phi) is 7.19. The van der Waals surface area contributed by atoms with Gasteiger partial charge in [-0.15, -0.1) is 0 Å². The first kappa shape index (κ1) is 22.0. The van der Waals surface area contributed by atoms with Gasteiger partial charge in [0.15, 0.2) is 0 Å². The number of rotatable bonds is 10. The van der Waals surface area contributed by atoms with Crippen LogP contribution in [-0.4, -0.2) is 82.6 Å². The van der Waals surface area contributed by atoms with Crippen LogP contribution in [0.15, 0.2) is 0 Å². The second-order valence-electron chi connectivity index (χ2n) is 10.7. The molecule has 5 fully saturated rings. The van der Waals surface area contributed by atoms with Crippen molar-refractivity contribution < 1.29 is 25.2 Å². The van der Waals surface area contributed by atoms with E-state index in [4.69, 9.17) is 4.74 Å². The molecule has 4 saturated carbocycles. The number of likely N-dealkylation sites (tertiary alicyclic amines) is 1. The van der Waals surface area contributed by atoms with Crippen LogP contribution in [0.4, 0.5) is 0 Å². The SMILES string of the molecule is OC[C@H]1[C@@H](O)[C@H](O)[C@@H](O)CN1CCCCCCOCC12CC3CC(CC(C3)C1)C2. The van der Waals surface area contributed by atoms with Gasteiger partial charge in [-0.05, 0) is 81.1 Å². The minimum Gasteiger partial charge on any atom is -0.395 e. The van der Waals surface area contributed by atoms with Crippen molar-refractivity contribution in [3.63, 3.8) is 0 Å². The van der Waals surface area contributed by atoms with Crippen molar-refractivity contribution in [1.82, 2.24) is 4.90 Å². The van der Waals surface area contributed by atoms with E-state index in [0.717, 1.165) is 63.2 Å². The van der Waals surface area contributed by atoms with Crippen molar-refractivity contribution in [2.45, 2.75) is 88.6 Å². The lowest BCUT2D eigenvalue weighted by atomic mass is 9.50. The molecule has 0 spiro atoms. The molecule has 4 N–H and O–H groups in total. The van der Waals surface area contributed by atoms with Crippen molar-refractivity contribution in [3.05, 3.63) is 0 Å². The van der Waals surface area contributed by atoms with Crippen LogP contribution in [-0.2, 0) is 4.74 Å². The number of hydrogen-bond acceptors (Lipinski definition) is 6. The first-order valence-electron chi connectivity index (χ1n) is 12.0. The lowest BCUT2D eigenvalue weighted by Crippen LogP contribution is -2.62. The molecule has 0 aromatic carbocycles. The van der Waals surface area contributed by atoms with Crippen LogP contribution in [0.5, 0.6) is 0 Å². The highest BCUT2D eigenvalue weighted by molar-refractivity contribution is 5.01. The van der Waals surface area contributed by atoms with E-state index in [1.807, 2.05) is 4.90 Å². The Morgan fingerprint density at radius 2 is 1.45 bits per heavy atom. The number of hydrogen-bond donors (Lipinski definition) is 4. The number of aliphatic hydroxyl groups excluding tert-OH is 4. The number of unbranched alkanes of at least 4 members (excludes halogenated alkanes) is 3. The third-order valence-electron chi connectivity index (χ3n) is 8.27. The Bertz CT molecular complexity index is 494. The molecule has 168 valence electrons. The van der Waals surface area contributed by atoms with Crippen LogP contribution in [0, 0.1) is 23.2 Å². The summed E-state index contributed by atoms with van der Waals surface area (Å²) in [6, 6.07) is -0.489. The van der Waals surface area contributed by atoms with Crippen molar-refractivity contribution in [1.29, 1.82) is 0 Å². The third kappa shape index (κ3) is 4.99. The van der Waals surface area contributed by atoms with Crippen LogP contribution in [0.1, 0.15) is 64.2 Å². The molecule has 0 aromatic rings. The standard InChI is InChI=1S/C23H41NO5/c25-14-19-21(27)22(28)20(26)13-24(19)5-3-1-2-4-6-29-15-23-10-16-7-17(11-23)9-18(8-16)12-23/h16-22,25-28H,1-15H2/t16?,17?,18?,19-,20-,21+,22+,23?/m0/s1. The third-order valence-corrected chi connectivity index (χ3v) is 8.27. The van der Waals surface area contributed by atoms with Gasteiger partial charge in [-0.2, -0.15) is 0 Å². The molecular formula is C23H41NO5. The molecule has 4 bridgehead atoms. The van der Waals surface area contributed by atoms with Crippen molar-refractivity contribution >= 4 is 0 Å². The average Bonchev–Trinajstić information content (AvgIpc) is 2.67. The Labute approximate surface area is 175 Å². The molecule has 5 rings (SSSR count). The highest BCUT2D eigenvalue weighted by Gasteiger charge is 2.50. The van der Waals surface area contributed by atoms with Gasteiger partial charge in [0.25, 0.3) is 0 Å². The van der Waals surface area contributed by atoms with E-state index in [-0.39, 0.29) is 6.61 Å². The molecule has 0 amide bonds. The first-order chi connectivity index (χ1) is 14.0. The zero-order valence-electron chi connectivity index (χ0n) is 17.8. The van der Waals surface area contributed by atoms with Crippen LogP contribution in [0.3, 0.4) is 0 Å². The van der Waals surface area contributed by atoms with Crippen molar-refractivity contribution in [2.75, 3.05) is 32.9 Å². The van der Waals surface area contributed by atoms with Crippen LogP contribution in [0.2, 0.25) is 0 Å². The van der Waals surface area contributed by atoms with Gasteiger partial charge < -0.3 is 25.2 Å². The lowest BCUT2D eigenvalue weighted by molar-refractivity contribution is -0.145. The molecule has 5 aliphatic rings. The second-order valence-corrected chi connectivity index (χ2v) is 10.7. The predicted molar refractivity (Wildman–Crippen MR) is 110 cm³/mol. The molecule has 29 heavy (non-hydrogen) atoms. The van der Waals surface area contributed by atoms with E-state index in [1.165, 1.54) is 38.5 Å². The predicted octanol–water partition coefficient (Wildman–Crippen LogP) is 1.54. The number of aliphatic hydroxyl groups is 4. The Balaban J connectivity index is 1.08. The van der Waals surface area contributed by atoms with E-state index < -0.39 is 24.4 Å². The molecule has 6 nitrogen and oxygen atoms in total. The van der Waals surface area contributed by atoms with Gasteiger partial charge in [0.2, 0.25) is 0 Å². The number of ether oxygens (including phenoxy) is 1. The van der Waals surface area contributed by atoms with Crippen molar-refractivity contribution in [3.8, 4) is 0 Å². The highest BCUT2D eigenvalue weighted by Crippen LogP contribution is 2.60. The minimum absolute atomic E-state index is 0.205. The van der Waals surface area contributed by atoms with Gasteiger partial charge in [0, 0.05) is 13.2 Å². The van der Waals surface area contributed by atoms with E-state index in [9.17, 15) is 20.4 Å². The van der Waals surface area contributed by atoms with Gasteiger partial charge in [0.1, 0.15) is 12.2 Å². The Hall–Kier alpha value is -0.240. The molecule has 0 aromatic heterocycles. The maximum Gasteiger partial charge on any atom is 0.109 e. The summed E-state index contributed by atoms with van der Waals surface area (Å²) in [5, 5.41) is 39.2. The first-order valence-corrected chi connectivity index (χ1v) is 12.0. The van der Waals surface area contributed by atoms with Crippen LogP contribution in [0.25, 0.3) is 0 Å². The van der Waals surface area contributed by atoms with Gasteiger partial charge in [-0.25, -0.2) is 0 Å². The molecule has 1 saturated heterocycles. The van der Waals surface area contributed by atoms with Gasteiger partial charge in [-0.3, -0.25) is 4.90 Å². The van der Waals surface area contributed by atoms with E-state index >= 15 is 0 Å². The maximum atomic E-state index is 10.0. The monoisotopic (exact) mass is 411 g/mol. The quantitative estimate of drug-likeness (QED) is 0.408. The summed E-state index contributed by atoms with van der Waals surface area (Å²) in [7, 11) is 0. The summed E-state index contributed by atoms with van der Waals surface area (Å²) >= 11 is 0. The summed E-state index contributed by atoms with van der Waals surface area (Å²) in [5.41, 5.74) is 0.508. The van der Waals surface area contributed by atoms with Crippen molar-refractivity contribution in [2.24, 2.45) is 23.2 Å². The smallest absolute Gasteiger partial charge is 0.109 e. The molecule has 0 unspecified atom stereocenters. The fourth-order valence-electron chi connectivity index (χ4n) is 7.26. The number of nitrogens with zero attached hydrogens (tertiary/aromatic N) is 1. The Morgan fingerprint density at radius 1 is 0.828 bits per heavy atom. The zero-order valence-corrected chi connectivity index (χ0v) is 17.8. The molecule has 4 aliphatic carbocycles. The summed E-state index contributed by atoms with van der Waals surface area (Å²) in [6.45, 7) is 2.65. The highest BCUT2D eigenvalue weighted by atomic mass is 16.5. The number of piperidine rings is 1. The summed E-state index contributed by atoms with van der Waals surface area (Å²) in [6.07, 6.45) is 9.70. The molecule has 4 atom stereocenters. The van der Waals surface area contributed by atoms with Crippen LogP contribution < -0.4 is 0 Å². The topological polar surface area (TPSA) is 93.4 Å². The maximum absolute atomic E-state index is 10.0. The minimum atomic E-state index is -1.17. The van der Waals surface area contributed by atoms with Gasteiger partial charge >= 0.3 is 0 Å². The average molecular weight is 412 g/mol. The molecular weight excluding hydrogens is 370 g/mol. The largest absolute Gasteiger partial charge is 0.395 e. The van der Waals surface area contributed by atoms with Crippen LogP contribution >= 0.6 is 0 Å². The fraction of sp³-hybridized carbons (Fsp3) is 1.00. The normalized spacial score (nSPS) is 44.5. The van der Waals surface area contributed by atoms with E-state index in [1.54, 1.807) is 0 Å². The van der Waals surface area contributed by atoms with Gasteiger partial charge in [0.05, 0.1) is 25.4 Å². The van der Waals surface area contributed by atoms with E-state index in [0.29, 0.717) is 12.0 Å². The molecule has 1 heterocycles. The fourth-order valence-corrected chi connectivity index (χ4v) is 7.26. The lowest BCUT2D eigenvalue weighted by Gasteiger charge is -2.56. The molecule has 0 radical (unpaired) electrons. The summed E-state index contributed by atoms with van der Waals surface area (Å²) in [4.78, 5) is 1.91. The Morgan fingerprint density at radius 3 is 2.07 bits per heavy atom. The molecule has 1 aliphatic heterocycles. The van der Waals surface area contributed by atoms with E-state index in [2.05, 4.69) is 0 Å². The second kappa shape index (κ2) is 9.49. The van der Waals surface area contributed by atoms with Gasteiger partial charge in [-0.1, -0.05) is 12.8 Å². The summed E-state index contributed by atoms with van der Waals surface area (Å²) < 4.78 is 6.15. The number of β-amino-alcohol motifs (C(OH)–C–C–N with tert-alkyl or cyclic N) is 1. The zero-order chi connectivity index (χ0) is 20.4. The summed E-state index contributed by atoms with van der Waals surface area (Å²) in [5.74, 6) is 2.96. The molecule has 6 heteroatoms.